The second-order valence-electron chi connectivity index (χ2n) is 4.40. The fourth-order valence-corrected chi connectivity index (χ4v) is 1.83. The van der Waals surface area contributed by atoms with Gasteiger partial charge < -0.3 is 14.3 Å². The summed E-state index contributed by atoms with van der Waals surface area (Å²) in [6.45, 7) is 3.86. The summed E-state index contributed by atoms with van der Waals surface area (Å²) in [5.74, 6) is -0.302. The lowest BCUT2D eigenvalue weighted by Crippen LogP contribution is -2.22. The minimum atomic E-state index is -0.313. The third-order valence-corrected chi connectivity index (χ3v) is 2.75. The minimum absolute atomic E-state index is 0.0108. The van der Waals surface area contributed by atoms with E-state index in [1.165, 1.54) is 6.92 Å². The lowest BCUT2D eigenvalue weighted by molar-refractivity contribution is -0.148. The average Bonchev–Trinajstić information content (AvgIpc) is 2.72. The summed E-state index contributed by atoms with van der Waals surface area (Å²) in [4.78, 5) is 22.0. The number of hydrogen-bond acceptors (Lipinski definition) is 4. The molecule has 0 aromatic rings. The fourth-order valence-electron chi connectivity index (χ4n) is 1.83. The van der Waals surface area contributed by atoms with Crippen molar-refractivity contribution < 1.29 is 19.1 Å². The van der Waals surface area contributed by atoms with E-state index in [4.69, 9.17) is 9.47 Å². The molecule has 1 heterocycles. The van der Waals surface area contributed by atoms with Gasteiger partial charge in [0.15, 0.2) is 0 Å². The summed E-state index contributed by atoms with van der Waals surface area (Å²) in [7, 11) is 2.14. The van der Waals surface area contributed by atoms with Crippen molar-refractivity contribution in [3.63, 3.8) is 0 Å². The van der Waals surface area contributed by atoms with E-state index in [9.17, 15) is 9.59 Å². The second-order valence-corrected chi connectivity index (χ2v) is 4.40. The Kier molecular flexibility index (Phi) is 6.26. The van der Waals surface area contributed by atoms with Gasteiger partial charge in [-0.1, -0.05) is 13.2 Å². The minimum Gasteiger partial charge on any atom is -0.463 e. The van der Waals surface area contributed by atoms with E-state index in [2.05, 4.69) is 14.2 Å². The Morgan fingerprint density at radius 1 is 1.35 bits per heavy atom. The van der Waals surface area contributed by atoms with Gasteiger partial charge in [-0.2, -0.15) is 0 Å². The Hall–Kier alpha value is -0.835. The first kappa shape index (κ1) is 14.2. The van der Waals surface area contributed by atoms with Crippen LogP contribution in [0.15, 0.2) is 0 Å². The molecule has 0 saturated carbocycles. The van der Waals surface area contributed by atoms with Gasteiger partial charge in [-0.05, 0) is 19.8 Å². The number of esters is 1. The molecule has 0 aromatic carbocycles. The smallest absolute Gasteiger partial charge is 0.306 e. The number of Topliss-reactive ketones (excluding diaryl/α,β-unsaturated/α-hetero) is 1. The van der Waals surface area contributed by atoms with Crippen LogP contribution in [0.5, 0.6) is 0 Å². The first-order valence-corrected chi connectivity index (χ1v) is 6.25. The molecule has 1 aliphatic rings. The van der Waals surface area contributed by atoms with Crippen LogP contribution < -0.4 is 0 Å². The number of hydrogen-bond donors (Lipinski definition) is 0. The van der Waals surface area contributed by atoms with Crippen molar-refractivity contribution in [2.24, 2.45) is 0 Å². The van der Waals surface area contributed by atoms with Crippen LogP contribution in [0, 0.1) is 0 Å². The fraction of sp³-hybridized carbons (Fsp3) is 0.833. The molecule has 95 valence electrons. The number of ether oxygens (including phenoxy) is 2. The zero-order valence-electron chi connectivity index (χ0n) is 10.6. The van der Waals surface area contributed by atoms with E-state index < -0.39 is 0 Å². The van der Waals surface area contributed by atoms with Crippen molar-refractivity contribution in [1.82, 2.24) is 0 Å². The van der Waals surface area contributed by atoms with Crippen LogP contribution in [0.3, 0.4) is 0 Å². The van der Waals surface area contributed by atoms with E-state index in [1.54, 1.807) is 0 Å². The van der Waals surface area contributed by atoms with Crippen molar-refractivity contribution in [2.75, 3.05) is 6.61 Å². The van der Waals surface area contributed by atoms with Gasteiger partial charge >= 0.3 is 5.97 Å². The molecule has 0 amide bonds. The SMILES string of the molecule is CC[B]C1CCC(COC(=O)CCC(C)=O)O1. The maximum atomic E-state index is 11.3. The molecule has 0 spiro atoms. The molecule has 1 aliphatic heterocycles. The molecule has 0 aromatic heterocycles. The summed E-state index contributed by atoms with van der Waals surface area (Å²) in [6, 6.07) is 0.209. The first-order valence-electron chi connectivity index (χ1n) is 6.25. The highest BCUT2D eigenvalue weighted by Gasteiger charge is 2.25. The summed E-state index contributed by atoms with van der Waals surface area (Å²) < 4.78 is 10.8. The monoisotopic (exact) mass is 239 g/mol. The van der Waals surface area contributed by atoms with Gasteiger partial charge in [-0.15, -0.1) is 0 Å². The molecule has 4 nitrogen and oxygen atoms in total. The summed E-state index contributed by atoms with van der Waals surface area (Å²) in [6.07, 6.45) is 3.38. The van der Waals surface area contributed by atoms with Gasteiger partial charge in [0.25, 0.3) is 0 Å². The van der Waals surface area contributed by atoms with Gasteiger partial charge in [0.2, 0.25) is 0 Å². The van der Waals surface area contributed by atoms with Crippen molar-refractivity contribution >= 4 is 19.0 Å². The number of carbonyl (C=O) groups excluding carboxylic acids is 2. The zero-order chi connectivity index (χ0) is 12.7. The highest BCUT2D eigenvalue weighted by Crippen LogP contribution is 2.19. The lowest BCUT2D eigenvalue weighted by Gasteiger charge is -2.13. The van der Waals surface area contributed by atoms with Crippen LogP contribution >= 0.6 is 0 Å². The highest BCUT2D eigenvalue weighted by atomic mass is 16.6. The topological polar surface area (TPSA) is 52.6 Å². The predicted molar refractivity (Wildman–Crippen MR) is 65.0 cm³/mol. The zero-order valence-corrected chi connectivity index (χ0v) is 10.6. The Morgan fingerprint density at radius 2 is 2.12 bits per heavy atom. The summed E-state index contributed by atoms with van der Waals surface area (Å²) >= 11 is 0. The van der Waals surface area contributed by atoms with Crippen LogP contribution in [0.2, 0.25) is 6.32 Å². The number of rotatable bonds is 7. The Balaban J connectivity index is 2.10. The molecule has 0 N–H and O–H groups in total. The van der Waals surface area contributed by atoms with Crippen LogP contribution in [0.4, 0.5) is 0 Å². The average molecular weight is 239 g/mol. The Labute approximate surface area is 103 Å². The van der Waals surface area contributed by atoms with E-state index in [0.717, 1.165) is 19.2 Å². The normalized spacial score (nSPS) is 23.4. The predicted octanol–water partition coefficient (Wildman–Crippen LogP) is 1.55. The standard InChI is InChI=1S/C12H20BO4/c1-3-13-11-6-5-10(17-11)8-16-12(15)7-4-9(2)14/h10-11H,3-8H2,1-2H3. The van der Waals surface area contributed by atoms with Gasteiger partial charge in [0.1, 0.15) is 19.7 Å². The van der Waals surface area contributed by atoms with E-state index in [0.29, 0.717) is 6.61 Å². The lowest BCUT2D eigenvalue weighted by atomic mass is 9.68. The highest BCUT2D eigenvalue weighted by molar-refractivity contribution is 6.37. The molecule has 1 saturated heterocycles. The van der Waals surface area contributed by atoms with Gasteiger partial charge in [-0.3, -0.25) is 4.79 Å². The van der Waals surface area contributed by atoms with Crippen molar-refractivity contribution in [3.05, 3.63) is 0 Å². The molecule has 1 fully saturated rings. The molecule has 0 bridgehead atoms. The third-order valence-electron chi connectivity index (χ3n) is 2.75. The largest absolute Gasteiger partial charge is 0.463 e. The quantitative estimate of drug-likeness (QED) is 0.499. The molecular formula is C12H20BO4. The van der Waals surface area contributed by atoms with Crippen LogP contribution in [0.1, 0.15) is 39.5 Å². The van der Waals surface area contributed by atoms with Crippen LogP contribution in [0.25, 0.3) is 0 Å². The van der Waals surface area contributed by atoms with E-state index >= 15 is 0 Å². The van der Waals surface area contributed by atoms with Gasteiger partial charge in [-0.25, -0.2) is 0 Å². The first-order chi connectivity index (χ1) is 8.11. The molecule has 17 heavy (non-hydrogen) atoms. The summed E-state index contributed by atoms with van der Waals surface area (Å²) in [5.41, 5.74) is 0. The second kappa shape index (κ2) is 7.48. The molecule has 1 rings (SSSR count). The van der Waals surface area contributed by atoms with Gasteiger partial charge in [0, 0.05) is 12.4 Å². The Bertz CT molecular complexity index is 267. The van der Waals surface area contributed by atoms with E-state index in [-0.39, 0.29) is 36.7 Å². The molecule has 5 heteroatoms. The van der Waals surface area contributed by atoms with Crippen LogP contribution in [-0.2, 0) is 19.1 Å². The molecular weight excluding hydrogens is 219 g/mol. The Morgan fingerprint density at radius 3 is 2.76 bits per heavy atom. The van der Waals surface area contributed by atoms with Crippen molar-refractivity contribution in [1.29, 1.82) is 0 Å². The number of carbonyl (C=O) groups is 2. The van der Waals surface area contributed by atoms with Gasteiger partial charge in [0.05, 0.1) is 12.5 Å². The maximum Gasteiger partial charge on any atom is 0.306 e. The molecule has 0 aliphatic carbocycles. The maximum absolute atomic E-state index is 11.3. The number of ketones is 1. The summed E-state index contributed by atoms with van der Waals surface area (Å²) in [5, 5.41) is 0. The molecule has 1 radical (unpaired) electrons. The molecule has 2 atom stereocenters. The van der Waals surface area contributed by atoms with E-state index in [1.807, 2.05) is 0 Å². The third kappa shape index (κ3) is 5.87. The van der Waals surface area contributed by atoms with Crippen molar-refractivity contribution in [3.8, 4) is 0 Å². The molecule has 2 unspecified atom stereocenters. The van der Waals surface area contributed by atoms with Crippen LogP contribution in [-0.4, -0.2) is 37.7 Å². The van der Waals surface area contributed by atoms with Crippen molar-refractivity contribution in [2.45, 2.75) is 58.0 Å².